The van der Waals surface area contributed by atoms with Crippen LogP contribution in [0, 0.1) is 13.8 Å². The van der Waals surface area contributed by atoms with E-state index >= 15 is 0 Å². The van der Waals surface area contributed by atoms with Crippen molar-refractivity contribution in [3.8, 4) is 0 Å². The summed E-state index contributed by atoms with van der Waals surface area (Å²) in [6.07, 6.45) is 4.17. The van der Waals surface area contributed by atoms with Crippen LogP contribution in [0.5, 0.6) is 0 Å². The highest BCUT2D eigenvalue weighted by molar-refractivity contribution is 7.98. The normalized spacial score (nSPS) is 16.6. The molecular weight excluding hydrogens is 388 g/mol. The van der Waals surface area contributed by atoms with Crippen molar-refractivity contribution >= 4 is 44.4 Å². The molecule has 2 heterocycles. The highest BCUT2D eigenvalue weighted by Crippen LogP contribution is 2.33. The van der Waals surface area contributed by atoms with Gasteiger partial charge in [-0.25, -0.2) is 4.98 Å². The Kier molecular flexibility index (Phi) is 5.71. The van der Waals surface area contributed by atoms with E-state index in [1.807, 2.05) is 36.9 Å². The molecule has 1 aliphatic heterocycles. The van der Waals surface area contributed by atoms with Gasteiger partial charge in [0.05, 0.1) is 22.9 Å². The number of amides is 1. The molecule has 28 heavy (non-hydrogen) atoms. The number of ether oxygens (including phenoxy) is 1. The summed E-state index contributed by atoms with van der Waals surface area (Å²) in [5.41, 5.74) is 3.81. The molecule has 1 saturated heterocycles. The predicted octanol–water partition coefficient (Wildman–Crippen LogP) is 5.46. The predicted molar refractivity (Wildman–Crippen MR) is 118 cm³/mol. The van der Waals surface area contributed by atoms with Crippen LogP contribution in [0.2, 0.25) is 0 Å². The summed E-state index contributed by atoms with van der Waals surface area (Å²) in [6.45, 7) is 5.35. The lowest BCUT2D eigenvalue weighted by atomic mass is 10.0. The van der Waals surface area contributed by atoms with E-state index < -0.39 is 0 Å². The maximum atomic E-state index is 13.5. The number of hydrogen-bond donors (Lipinski definition) is 0. The molecule has 0 unspecified atom stereocenters. The van der Waals surface area contributed by atoms with Gasteiger partial charge in [0, 0.05) is 17.1 Å². The third-order valence-corrected chi connectivity index (χ3v) is 6.85. The molecule has 6 heteroatoms. The molecule has 0 saturated carbocycles. The molecule has 4 nitrogen and oxygen atoms in total. The van der Waals surface area contributed by atoms with Crippen LogP contribution in [0.4, 0.5) is 5.13 Å². The number of anilines is 1. The zero-order valence-corrected chi connectivity index (χ0v) is 18.0. The van der Waals surface area contributed by atoms with Gasteiger partial charge in [0.2, 0.25) is 0 Å². The molecule has 1 fully saturated rings. The minimum absolute atomic E-state index is 0.00264. The van der Waals surface area contributed by atoms with Gasteiger partial charge in [-0.15, -0.1) is 11.8 Å². The second-order valence-corrected chi connectivity index (χ2v) is 9.09. The number of thioether (sulfide) groups is 1. The van der Waals surface area contributed by atoms with Gasteiger partial charge in [-0.1, -0.05) is 29.0 Å². The molecule has 2 aromatic carbocycles. The van der Waals surface area contributed by atoms with Gasteiger partial charge in [-0.05, 0) is 62.8 Å². The molecule has 0 radical (unpaired) electrons. The molecule has 3 aromatic rings. The summed E-state index contributed by atoms with van der Waals surface area (Å²) in [6, 6.07) is 12.2. The van der Waals surface area contributed by atoms with E-state index in [0.717, 1.165) is 51.5 Å². The van der Waals surface area contributed by atoms with Gasteiger partial charge in [-0.3, -0.25) is 9.69 Å². The van der Waals surface area contributed by atoms with Gasteiger partial charge >= 0.3 is 0 Å². The average molecular weight is 413 g/mol. The minimum Gasteiger partial charge on any atom is -0.376 e. The van der Waals surface area contributed by atoms with Crippen LogP contribution in [-0.4, -0.2) is 36.4 Å². The Morgan fingerprint density at radius 2 is 2.14 bits per heavy atom. The third-order valence-electron chi connectivity index (χ3n) is 5.08. The van der Waals surface area contributed by atoms with Crippen LogP contribution in [0.3, 0.4) is 0 Å². The smallest absolute Gasteiger partial charge is 0.260 e. The highest BCUT2D eigenvalue weighted by atomic mass is 32.2. The summed E-state index contributed by atoms with van der Waals surface area (Å²) < 4.78 is 6.93. The van der Waals surface area contributed by atoms with E-state index in [1.165, 1.54) is 4.90 Å². The number of aryl methyl sites for hydroxylation is 2. The fraction of sp³-hybridized carbons (Fsp3) is 0.364. The quantitative estimate of drug-likeness (QED) is 0.522. The molecule has 0 bridgehead atoms. The van der Waals surface area contributed by atoms with Gasteiger partial charge in [0.1, 0.15) is 0 Å². The molecule has 1 aromatic heterocycles. The number of aromatic nitrogens is 1. The Bertz CT molecular complexity index is 1010. The number of nitrogens with zero attached hydrogens (tertiary/aromatic N) is 2. The number of fused-ring (bicyclic) bond motifs is 1. The summed E-state index contributed by atoms with van der Waals surface area (Å²) in [7, 11) is 0. The number of carbonyl (C=O) groups excluding carboxylic acids is 1. The van der Waals surface area contributed by atoms with Gasteiger partial charge in [0.15, 0.2) is 5.13 Å². The Hall–Kier alpha value is -1.89. The Balaban J connectivity index is 1.73. The number of thiazole rings is 1. The maximum Gasteiger partial charge on any atom is 0.260 e. The molecule has 0 N–H and O–H groups in total. The number of hydrogen-bond acceptors (Lipinski definition) is 5. The fourth-order valence-electron chi connectivity index (χ4n) is 3.57. The minimum atomic E-state index is -0.00264. The number of carbonyl (C=O) groups is 1. The summed E-state index contributed by atoms with van der Waals surface area (Å²) in [5, 5.41) is 0.744. The molecule has 1 amide bonds. The lowest BCUT2D eigenvalue weighted by Gasteiger charge is -2.24. The second kappa shape index (κ2) is 8.23. The van der Waals surface area contributed by atoms with Crippen LogP contribution in [-0.2, 0) is 4.74 Å². The van der Waals surface area contributed by atoms with Crippen LogP contribution in [0.1, 0.15) is 34.3 Å². The van der Waals surface area contributed by atoms with E-state index in [4.69, 9.17) is 9.72 Å². The number of benzene rings is 2. The van der Waals surface area contributed by atoms with Crippen molar-refractivity contribution in [3.63, 3.8) is 0 Å². The van der Waals surface area contributed by atoms with Crippen molar-refractivity contribution in [1.29, 1.82) is 0 Å². The summed E-state index contributed by atoms with van der Waals surface area (Å²) in [4.78, 5) is 21.3. The van der Waals surface area contributed by atoms with Gasteiger partial charge < -0.3 is 4.74 Å². The molecule has 146 valence electrons. The third kappa shape index (κ3) is 3.95. The van der Waals surface area contributed by atoms with E-state index in [-0.39, 0.29) is 12.0 Å². The average Bonchev–Trinajstić information content (AvgIpc) is 3.34. The lowest BCUT2D eigenvalue weighted by molar-refractivity contribution is 0.0917. The zero-order valence-electron chi connectivity index (χ0n) is 16.4. The fourth-order valence-corrected chi connectivity index (χ4v) is 5.10. The largest absolute Gasteiger partial charge is 0.376 e. The first-order chi connectivity index (χ1) is 13.5. The number of rotatable bonds is 5. The van der Waals surface area contributed by atoms with E-state index in [2.05, 4.69) is 24.5 Å². The van der Waals surface area contributed by atoms with Crippen LogP contribution < -0.4 is 4.90 Å². The molecular formula is C22H24N2O2S2. The maximum absolute atomic E-state index is 13.5. The van der Waals surface area contributed by atoms with Crippen molar-refractivity contribution in [2.45, 2.75) is 37.7 Å². The summed E-state index contributed by atoms with van der Waals surface area (Å²) >= 11 is 3.29. The van der Waals surface area contributed by atoms with E-state index in [0.29, 0.717) is 6.54 Å². The first kappa shape index (κ1) is 19.4. The Labute approximate surface area is 173 Å². The van der Waals surface area contributed by atoms with E-state index in [9.17, 15) is 4.79 Å². The second-order valence-electron chi connectivity index (χ2n) is 7.20. The van der Waals surface area contributed by atoms with E-state index in [1.54, 1.807) is 23.1 Å². The van der Waals surface area contributed by atoms with Crippen LogP contribution in [0.25, 0.3) is 10.2 Å². The highest BCUT2D eigenvalue weighted by Gasteiger charge is 2.27. The van der Waals surface area contributed by atoms with Gasteiger partial charge in [-0.2, -0.15) is 0 Å². The topological polar surface area (TPSA) is 42.4 Å². The zero-order chi connectivity index (χ0) is 19.7. The first-order valence-electron chi connectivity index (χ1n) is 9.50. The van der Waals surface area contributed by atoms with Crippen molar-refractivity contribution in [3.05, 3.63) is 53.1 Å². The van der Waals surface area contributed by atoms with Crippen molar-refractivity contribution < 1.29 is 9.53 Å². The van der Waals surface area contributed by atoms with Crippen LogP contribution in [0.15, 0.2) is 41.3 Å². The first-order valence-corrected chi connectivity index (χ1v) is 11.5. The standard InChI is InChI=1S/C22H24N2O2S2/c1-14-6-8-18(15(2)11-14)21(25)24(13-16-5-4-10-26-16)22-23-19-9-7-17(27-3)12-20(19)28-22/h6-9,11-12,16H,4-5,10,13H2,1-3H3/t16-/m0/s1. The van der Waals surface area contributed by atoms with Crippen molar-refractivity contribution in [2.24, 2.45) is 0 Å². The summed E-state index contributed by atoms with van der Waals surface area (Å²) in [5.74, 6) is -0.00264. The molecule has 0 aliphatic carbocycles. The van der Waals surface area contributed by atoms with Crippen molar-refractivity contribution in [2.75, 3.05) is 24.3 Å². The molecule has 1 aliphatic rings. The molecule has 4 rings (SSSR count). The Morgan fingerprint density at radius 1 is 1.29 bits per heavy atom. The molecule has 1 atom stereocenters. The van der Waals surface area contributed by atoms with Gasteiger partial charge in [0.25, 0.3) is 5.91 Å². The molecule has 0 spiro atoms. The van der Waals surface area contributed by atoms with Crippen molar-refractivity contribution in [1.82, 2.24) is 4.98 Å². The van der Waals surface area contributed by atoms with Crippen LogP contribution >= 0.6 is 23.1 Å². The lowest BCUT2D eigenvalue weighted by Crippen LogP contribution is -2.37. The SMILES string of the molecule is CSc1ccc2nc(N(C[C@@H]3CCCO3)C(=O)c3ccc(C)cc3C)sc2c1. The monoisotopic (exact) mass is 412 g/mol. The Morgan fingerprint density at radius 3 is 2.86 bits per heavy atom.